The maximum Gasteiger partial charge on any atom is 0.269 e. The number of anilines is 1. The summed E-state index contributed by atoms with van der Waals surface area (Å²) in [7, 11) is 0. The molecule has 0 fully saturated rings. The van der Waals surface area contributed by atoms with Crippen molar-refractivity contribution in [3.8, 4) is 0 Å². The smallest absolute Gasteiger partial charge is 0.269 e. The third kappa shape index (κ3) is 3.65. The first kappa shape index (κ1) is 13.3. The standard InChI is InChI=1S/C12H12N4O2S/c1-8-6-11(13)15-12(14-8)7-19-10-4-2-9(3-5-10)16(17)18/h2-6H,7H2,1H3,(H2,13,14,15). The molecule has 1 heterocycles. The molecule has 0 aliphatic rings. The number of aromatic nitrogens is 2. The van der Waals surface area contributed by atoms with E-state index >= 15 is 0 Å². The van der Waals surface area contributed by atoms with Gasteiger partial charge in [0, 0.05) is 28.8 Å². The highest BCUT2D eigenvalue weighted by Gasteiger charge is 2.05. The maximum absolute atomic E-state index is 10.5. The molecule has 0 aliphatic carbocycles. The van der Waals surface area contributed by atoms with E-state index in [1.165, 1.54) is 23.9 Å². The number of hydrogen-bond acceptors (Lipinski definition) is 6. The van der Waals surface area contributed by atoms with Gasteiger partial charge < -0.3 is 5.73 Å². The van der Waals surface area contributed by atoms with Crippen LogP contribution >= 0.6 is 11.8 Å². The first-order chi connectivity index (χ1) is 9.04. The fourth-order valence-electron chi connectivity index (χ4n) is 1.53. The van der Waals surface area contributed by atoms with Gasteiger partial charge in [-0.25, -0.2) is 9.97 Å². The average molecular weight is 276 g/mol. The van der Waals surface area contributed by atoms with Gasteiger partial charge in [0.05, 0.1) is 10.7 Å². The summed E-state index contributed by atoms with van der Waals surface area (Å²) in [5.74, 6) is 1.68. The van der Waals surface area contributed by atoms with Crippen LogP contribution in [0.3, 0.4) is 0 Å². The molecule has 6 nitrogen and oxygen atoms in total. The average Bonchev–Trinajstić information content (AvgIpc) is 2.36. The number of nitro benzene ring substituents is 1. The van der Waals surface area contributed by atoms with Crippen molar-refractivity contribution in [1.82, 2.24) is 9.97 Å². The first-order valence-corrected chi connectivity index (χ1v) is 6.50. The number of rotatable bonds is 4. The van der Waals surface area contributed by atoms with Gasteiger partial charge in [-0.15, -0.1) is 11.8 Å². The number of aryl methyl sites for hydroxylation is 1. The number of nitro groups is 1. The molecule has 2 rings (SSSR count). The predicted molar refractivity (Wildman–Crippen MR) is 73.8 cm³/mol. The van der Waals surface area contributed by atoms with Crippen molar-refractivity contribution < 1.29 is 4.92 Å². The van der Waals surface area contributed by atoms with E-state index in [-0.39, 0.29) is 5.69 Å². The Morgan fingerprint density at radius 3 is 2.58 bits per heavy atom. The second-order valence-corrected chi connectivity index (χ2v) is 4.94. The quantitative estimate of drug-likeness (QED) is 0.524. The van der Waals surface area contributed by atoms with Gasteiger partial charge >= 0.3 is 0 Å². The van der Waals surface area contributed by atoms with Gasteiger partial charge in [-0.3, -0.25) is 10.1 Å². The largest absolute Gasteiger partial charge is 0.384 e. The minimum absolute atomic E-state index is 0.0837. The molecule has 0 saturated carbocycles. The van der Waals surface area contributed by atoms with E-state index < -0.39 is 4.92 Å². The summed E-state index contributed by atoms with van der Waals surface area (Å²) in [4.78, 5) is 19.4. The van der Waals surface area contributed by atoms with Crippen LogP contribution in [0.15, 0.2) is 35.2 Å². The molecule has 1 aromatic carbocycles. The Bertz CT molecular complexity index is 581. The van der Waals surface area contributed by atoms with E-state index in [0.717, 1.165) is 10.6 Å². The van der Waals surface area contributed by atoms with Gasteiger partial charge in [0.1, 0.15) is 11.6 Å². The molecule has 0 radical (unpaired) electrons. The number of nitrogens with zero attached hydrogens (tertiary/aromatic N) is 3. The first-order valence-electron chi connectivity index (χ1n) is 5.52. The number of hydrogen-bond donors (Lipinski definition) is 1. The van der Waals surface area contributed by atoms with Crippen LogP contribution in [-0.2, 0) is 5.75 Å². The summed E-state index contributed by atoms with van der Waals surface area (Å²) in [6.07, 6.45) is 0. The molecular formula is C12H12N4O2S. The lowest BCUT2D eigenvalue weighted by atomic mass is 10.3. The molecule has 98 valence electrons. The summed E-state index contributed by atoms with van der Waals surface area (Å²) in [6, 6.07) is 8.09. The summed E-state index contributed by atoms with van der Waals surface area (Å²) < 4.78 is 0. The molecule has 0 atom stereocenters. The van der Waals surface area contributed by atoms with E-state index in [2.05, 4.69) is 9.97 Å². The number of nitrogen functional groups attached to an aromatic ring is 1. The van der Waals surface area contributed by atoms with Gasteiger partial charge in [-0.2, -0.15) is 0 Å². The van der Waals surface area contributed by atoms with Crippen LogP contribution < -0.4 is 5.73 Å². The lowest BCUT2D eigenvalue weighted by molar-refractivity contribution is -0.384. The van der Waals surface area contributed by atoms with E-state index in [4.69, 9.17) is 5.73 Å². The normalized spacial score (nSPS) is 10.4. The molecule has 2 aromatic rings. The number of nitrogens with two attached hydrogens (primary N) is 1. The molecule has 1 aromatic heterocycles. The predicted octanol–water partition coefficient (Wildman–Crippen LogP) is 2.57. The van der Waals surface area contributed by atoms with Crippen molar-refractivity contribution in [2.75, 3.05) is 5.73 Å². The zero-order valence-corrected chi connectivity index (χ0v) is 11.1. The van der Waals surface area contributed by atoms with Gasteiger partial charge in [-0.1, -0.05) is 0 Å². The molecule has 19 heavy (non-hydrogen) atoms. The lowest BCUT2D eigenvalue weighted by Crippen LogP contribution is -1.99. The van der Waals surface area contributed by atoms with Crippen molar-refractivity contribution >= 4 is 23.3 Å². The van der Waals surface area contributed by atoms with Crippen LogP contribution in [-0.4, -0.2) is 14.9 Å². The molecule has 0 unspecified atom stereocenters. The SMILES string of the molecule is Cc1cc(N)nc(CSc2ccc([N+](=O)[O-])cc2)n1. The lowest BCUT2D eigenvalue weighted by Gasteiger charge is -2.03. The summed E-state index contributed by atoms with van der Waals surface area (Å²) in [6.45, 7) is 1.86. The molecule has 0 aliphatic heterocycles. The molecular weight excluding hydrogens is 264 g/mol. The molecule has 0 saturated heterocycles. The summed E-state index contributed by atoms with van der Waals surface area (Å²) in [5, 5.41) is 10.5. The van der Waals surface area contributed by atoms with Crippen LogP contribution in [0.25, 0.3) is 0 Å². The van der Waals surface area contributed by atoms with Gasteiger partial charge in [0.25, 0.3) is 5.69 Å². The highest BCUT2D eigenvalue weighted by molar-refractivity contribution is 7.98. The van der Waals surface area contributed by atoms with Crippen LogP contribution in [0, 0.1) is 17.0 Å². The fourth-order valence-corrected chi connectivity index (χ4v) is 2.29. The van der Waals surface area contributed by atoms with E-state index in [1.54, 1.807) is 18.2 Å². The van der Waals surface area contributed by atoms with Crippen LogP contribution in [0.2, 0.25) is 0 Å². The van der Waals surface area contributed by atoms with E-state index in [0.29, 0.717) is 17.4 Å². The van der Waals surface area contributed by atoms with Crippen molar-refractivity contribution in [1.29, 1.82) is 0 Å². The second kappa shape index (κ2) is 5.66. The second-order valence-electron chi connectivity index (χ2n) is 3.89. The Balaban J connectivity index is 2.03. The fraction of sp³-hybridized carbons (Fsp3) is 0.167. The van der Waals surface area contributed by atoms with E-state index in [9.17, 15) is 10.1 Å². The number of benzene rings is 1. The number of thioether (sulfide) groups is 1. The van der Waals surface area contributed by atoms with E-state index in [1.807, 2.05) is 6.92 Å². The monoisotopic (exact) mass is 276 g/mol. The minimum atomic E-state index is -0.418. The zero-order chi connectivity index (χ0) is 13.8. The number of non-ortho nitro benzene ring substituents is 1. The maximum atomic E-state index is 10.5. The zero-order valence-electron chi connectivity index (χ0n) is 10.2. The highest BCUT2D eigenvalue weighted by atomic mass is 32.2. The Hall–Kier alpha value is -2.15. The van der Waals surface area contributed by atoms with Gasteiger partial charge in [-0.05, 0) is 19.1 Å². The summed E-state index contributed by atoms with van der Waals surface area (Å²) >= 11 is 1.51. The Kier molecular flexibility index (Phi) is 3.96. The molecule has 0 amide bonds. The summed E-state index contributed by atoms with van der Waals surface area (Å²) in [5.41, 5.74) is 6.56. The third-order valence-electron chi connectivity index (χ3n) is 2.34. The van der Waals surface area contributed by atoms with Gasteiger partial charge in [0.15, 0.2) is 0 Å². The topological polar surface area (TPSA) is 94.9 Å². The Morgan fingerprint density at radius 2 is 2.00 bits per heavy atom. The Labute approximate surface area is 114 Å². The van der Waals surface area contributed by atoms with Crippen molar-refractivity contribution in [3.05, 3.63) is 52.0 Å². The minimum Gasteiger partial charge on any atom is -0.384 e. The molecule has 2 N–H and O–H groups in total. The van der Waals surface area contributed by atoms with Crippen LogP contribution in [0.5, 0.6) is 0 Å². The van der Waals surface area contributed by atoms with Gasteiger partial charge in [0.2, 0.25) is 0 Å². The molecule has 0 bridgehead atoms. The third-order valence-corrected chi connectivity index (χ3v) is 3.34. The van der Waals surface area contributed by atoms with Crippen molar-refractivity contribution in [2.24, 2.45) is 0 Å². The van der Waals surface area contributed by atoms with Crippen molar-refractivity contribution in [2.45, 2.75) is 17.6 Å². The van der Waals surface area contributed by atoms with Crippen LogP contribution in [0.1, 0.15) is 11.5 Å². The van der Waals surface area contributed by atoms with Crippen LogP contribution in [0.4, 0.5) is 11.5 Å². The van der Waals surface area contributed by atoms with Crippen molar-refractivity contribution in [3.63, 3.8) is 0 Å². The molecule has 7 heteroatoms. The Morgan fingerprint density at radius 1 is 1.32 bits per heavy atom. The highest BCUT2D eigenvalue weighted by Crippen LogP contribution is 2.24. The molecule has 0 spiro atoms.